The summed E-state index contributed by atoms with van der Waals surface area (Å²) < 4.78 is 0. The third-order valence-corrected chi connectivity index (χ3v) is 3.15. The number of rotatable bonds is 5. The lowest BCUT2D eigenvalue weighted by Crippen LogP contribution is -2.33. The number of benzene rings is 1. The van der Waals surface area contributed by atoms with Crippen molar-refractivity contribution in [1.29, 1.82) is 0 Å². The third-order valence-electron chi connectivity index (χ3n) is 3.15. The molecule has 0 aromatic heterocycles. The lowest BCUT2D eigenvalue weighted by atomic mass is 10.1. The topological polar surface area (TPSA) is 29.3 Å². The van der Waals surface area contributed by atoms with Gasteiger partial charge in [-0.15, -0.1) is 0 Å². The highest BCUT2D eigenvalue weighted by atomic mass is 15.1. The molecule has 0 aliphatic carbocycles. The van der Waals surface area contributed by atoms with Crippen LogP contribution in [-0.4, -0.2) is 24.0 Å². The number of hydrogen-bond donors (Lipinski definition) is 1. The molecule has 0 bridgehead atoms. The number of aryl methyl sites for hydroxylation is 1. The number of hydrogen-bond acceptors (Lipinski definition) is 2. The van der Waals surface area contributed by atoms with Crippen molar-refractivity contribution in [2.75, 3.05) is 7.05 Å². The maximum atomic E-state index is 5.83. The Hall–Kier alpha value is -0.860. The third kappa shape index (κ3) is 3.95. The standard InChI is InChI=1S/C14H24N2/c1-11-7-5-6-8-14(11)10-16(4)13(3)9-12(2)15/h5-8,12-13H,9-10,15H2,1-4H3. The van der Waals surface area contributed by atoms with Crippen LogP contribution in [0.15, 0.2) is 24.3 Å². The Balaban J connectivity index is 2.57. The van der Waals surface area contributed by atoms with Gasteiger partial charge in [0.2, 0.25) is 0 Å². The summed E-state index contributed by atoms with van der Waals surface area (Å²) >= 11 is 0. The van der Waals surface area contributed by atoms with Gasteiger partial charge in [-0.05, 0) is 45.4 Å². The van der Waals surface area contributed by atoms with Crippen LogP contribution in [0.4, 0.5) is 0 Å². The Kier molecular flexibility index (Phi) is 4.97. The first-order valence-corrected chi connectivity index (χ1v) is 6.01. The Labute approximate surface area is 99.5 Å². The molecule has 2 nitrogen and oxygen atoms in total. The van der Waals surface area contributed by atoms with Crippen LogP contribution < -0.4 is 5.73 Å². The first-order chi connectivity index (χ1) is 7.50. The van der Waals surface area contributed by atoms with Gasteiger partial charge in [-0.1, -0.05) is 24.3 Å². The minimum absolute atomic E-state index is 0.273. The predicted molar refractivity (Wildman–Crippen MR) is 70.4 cm³/mol. The molecule has 2 atom stereocenters. The van der Waals surface area contributed by atoms with Crippen LogP contribution in [0.5, 0.6) is 0 Å². The van der Waals surface area contributed by atoms with Gasteiger partial charge in [-0.25, -0.2) is 0 Å². The van der Waals surface area contributed by atoms with Crippen molar-refractivity contribution >= 4 is 0 Å². The van der Waals surface area contributed by atoms with E-state index in [-0.39, 0.29) is 6.04 Å². The molecule has 16 heavy (non-hydrogen) atoms. The van der Waals surface area contributed by atoms with Crippen molar-refractivity contribution in [2.24, 2.45) is 5.73 Å². The summed E-state index contributed by atoms with van der Waals surface area (Å²) in [5, 5.41) is 0. The lowest BCUT2D eigenvalue weighted by Gasteiger charge is -2.26. The molecule has 0 aliphatic heterocycles. The number of nitrogens with zero attached hydrogens (tertiary/aromatic N) is 1. The van der Waals surface area contributed by atoms with Gasteiger partial charge in [0.25, 0.3) is 0 Å². The van der Waals surface area contributed by atoms with E-state index in [0.29, 0.717) is 6.04 Å². The Morgan fingerprint density at radius 1 is 1.25 bits per heavy atom. The molecule has 2 N–H and O–H groups in total. The van der Waals surface area contributed by atoms with E-state index in [2.05, 4.69) is 57.0 Å². The fraction of sp³-hybridized carbons (Fsp3) is 0.571. The van der Waals surface area contributed by atoms with Crippen LogP contribution in [0.25, 0.3) is 0 Å². The van der Waals surface area contributed by atoms with E-state index in [0.717, 1.165) is 13.0 Å². The van der Waals surface area contributed by atoms with E-state index in [1.165, 1.54) is 11.1 Å². The van der Waals surface area contributed by atoms with Gasteiger partial charge < -0.3 is 5.73 Å². The molecule has 0 radical (unpaired) electrons. The molecular formula is C14H24N2. The SMILES string of the molecule is Cc1ccccc1CN(C)C(C)CC(C)N. The quantitative estimate of drug-likeness (QED) is 0.826. The Morgan fingerprint density at radius 2 is 1.88 bits per heavy atom. The zero-order valence-corrected chi connectivity index (χ0v) is 10.9. The lowest BCUT2D eigenvalue weighted by molar-refractivity contribution is 0.230. The number of nitrogens with two attached hydrogens (primary N) is 1. The Morgan fingerprint density at radius 3 is 2.44 bits per heavy atom. The van der Waals surface area contributed by atoms with Gasteiger partial charge in [0.05, 0.1) is 0 Å². The van der Waals surface area contributed by atoms with Gasteiger partial charge in [-0.3, -0.25) is 4.90 Å². The summed E-state index contributed by atoms with van der Waals surface area (Å²) in [7, 11) is 2.17. The normalized spacial score (nSPS) is 15.1. The summed E-state index contributed by atoms with van der Waals surface area (Å²) in [6.07, 6.45) is 1.04. The fourth-order valence-corrected chi connectivity index (χ4v) is 1.93. The molecule has 1 rings (SSSR count). The van der Waals surface area contributed by atoms with E-state index in [9.17, 15) is 0 Å². The minimum atomic E-state index is 0.273. The zero-order chi connectivity index (χ0) is 12.1. The Bertz CT molecular complexity index is 320. The average molecular weight is 220 g/mol. The van der Waals surface area contributed by atoms with E-state index < -0.39 is 0 Å². The van der Waals surface area contributed by atoms with Gasteiger partial charge in [0.15, 0.2) is 0 Å². The highest BCUT2D eigenvalue weighted by Crippen LogP contribution is 2.12. The summed E-state index contributed by atoms with van der Waals surface area (Å²) in [5.41, 5.74) is 8.60. The average Bonchev–Trinajstić information content (AvgIpc) is 2.20. The zero-order valence-electron chi connectivity index (χ0n) is 10.9. The van der Waals surface area contributed by atoms with E-state index in [1.807, 2.05) is 0 Å². The van der Waals surface area contributed by atoms with Gasteiger partial charge in [-0.2, -0.15) is 0 Å². The molecule has 2 unspecified atom stereocenters. The smallest absolute Gasteiger partial charge is 0.0236 e. The second-order valence-electron chi connectivity index (χ2n) is 4.90. The molecule has 2 heteroatoms. The largest absolute Gasteiger partial charge is 0.328 e. The molecule has 0 spiro atoms. The van der Waals surface area contributed by atoms with E-state index in [4.69, 9.17) is 5.73 Å². The van der Waals surface area contributed by atoms with Crippen LogP contribution in [0.1, 0.15) is 31.4 Å². The van der Waals surface area contributed by atoms with E-state index in [1.54, 1.807) is 0 Å². The second kappa shape index (κ2) is 6.02. The maximum absolute atomic E-state index is 5.83. The van der Waals surface area contributed by atoms with Crippen LogP contribution in [0.2, 0.25) is 0 Å². The van der Waals surface area contributed by atoms with Gasteiger partial charge in [0, 0.05) is 18.6 Å². The van der Waals surface area contributed by atoms with Crippen LogP contribution in [0.3, 0.4) is 0 Å². The monoisotopic (exact) mass is 220 g/mol. The molecule has 0 saturated heterocycles. The van der Waals surface area contributed by atoms with Gasteiger partial charge in [0.1, 0.15) is 0 Å². The predicted octanol–water partition coefficient (Wildman–Crippen LogP) is 2.55. The molecule has 1 aromatic carbocycles. The van der Waals surface area contributed by atoms with Crippen LogP contribution in [0, 0.1) is 6.92 Å². The second-order valence-corrected chi connectivity index (χ2v) is 4.90. The van der Waals surface area contributed by atoms with Crippen molar-refractivity contribution in [3.8, 4) is 0 Å². The molecule has 0 amide bonds. The molecule has 1 aromatic rings. The van der Waals surface area contributed by atoms with E-state index >= 15 is 0 Å². The summed E-state index contributed by atoms with van der Waals surface area (Å²) in [6.45, 7) is 7.47. The molecule has 0 aliphatic rings. The maximum Gasteiger partial charge on any atom is 0.0236 e. The molecule has 90 valence electrons. The highest BCUT2D eigenvalue weighted by molar-refractivity contribution is 5.25. The molecule has 0 saturated carbocycles. The van der Waals surface area contributed by atoms with Gasteiger partial charge >= 0.3 is 0 Å². The van der Waals surface area contributed by atoms with Crippen LogP contribution >= 0.6 is 0 Å². The molecular weight excluding hydrogens is 196 g/mol. The fourth-order valence-electron chi connectivity index (χ4n) is 1.93. The summed E-state index contributed by atoms with van der Waals surface area (Å²) in [5.74, 6) is 0. The highest BCUT2D eigenvalue weighted by Gasteiger charge is 2.12. The molecule has 0 heterocycles. The molecule has 0 fully saturated rings. The van der Waals surface area contributed by atoms with Crippen molar-refractivity contribution in [3.63, 3.8) is 0 Å². The summed E-state index contributed by atoms with van der Waals surface area (Å²) in [4.78, 5) is 2.37. The van der Waals surface area contributed by atoms with Crippen LogP contribution in [-0.2, 0) is 6.54 Å². The minimum Gasteiger partial charge on any atom is -0.328 e. The van der Waals surface area contributed by atoms with Crippen molar-refractivity contribution < 1.29 is 0 Å². The van der Waals surface area contributed by atoms with Crippen molar-refractivity contribution in [1.82, 2.24) is 4.90 Å². The van der Waals surface area contributed by atoms with Crippen molar-refractivity contribution in [2.45, 2.75) is 45.8 Å². The first kappa shape index (κ1) is 13.2. The van der Waals surface area contributed by atoms with Crippen molar-refractivity contribution in [3.05, 3.63) is 35.4 Å². The first-order valence-electron chi connectivity index (χ1n) is 6.01. The summed E-state index contributed by atoms with van der Waals surface area (Å²) in [6, 6.07) is 9.36.